The van der Waals surface area contributed by atoms with Gasteiger partial charge in [0.1, 0.15) is 5.82 Å². The fourth-order valence-electron chi connectivity index (χ4n) is 2.62. The van der Waals surface area contributed by atoms with E-state index in [4.69, 9.17) is 0 Å². The average Bonchev–Trinajstić information content (AvgIpc) is 3.00. The lowest BCUT2D eigenvalue weighted by atomic mass is 10.1. The monoisotopic (exact) mass is 327 g/mol. The third kappa shape index (κ3) is 3.90. The van der Waals surface area contributed by atoms with Crippen LogP contribution >= 0.6 is 0 Å². The minimum absolute atomic E-state index is 0.109. The van der Waals surface area contributed by atoms with Crippen LogP contribution in [0.4, 0.5) is 20.6 Å². The van der Waals surface area contributed by atoms with Gasteiger partial charge in [-0.25, -0.2) is 9.18 Å². The minimum Gasteiger partial charge on any atom is -0.336 e. The lowest BCUT2D eigenvalue weighted by Crippen LogP contribution is -2.27. The SMILES string of the molecule is O=C(CCc1cccc(F)c1)Nc1ccc(N2CCNC2=O)cc1. The number of carbonyl (C=O) groups is 2. The van der Waals surface area contributed by atoms with Crippen molar-refractivity contribution < 1.29 is 14.0 Å². The van der Waals surface area contributed by atoms with Crippen LogP contribution in [0.5, 0.6) is 0 Å². The summed E-state index contributed by atoms with van der Waals surface area (Å²) in [4.78, 5) is 25.2. The molecule has 0 bridgehead atoms. The van der Waals surface area contributed by atoms with Crippen molar-refractivity contribution >= 4 is 23.3 Å². The molecule has 2 aromatic rings. The molecular weight excluding hydrogens is 309 g/mol. The maximum atomic E-state index is 13.1. The Morgan fingerprint density at radius 1 is 1.21 bits per heavy atom. The highest BCUT2D eigenvalue weighted by Gasteiger charge is 2.20. The number of halogens is 1. The van der Waals surface area contributed by atoms with E-state index in [1.54, 1.807) is 41.3 Å². The maximum Gasteiger partial charge on any atom is 0.321 e. The predicted octanol–water partition coefficient (Wildman–Crippen LogP) is 2.93. The lowest BCUT2D eigenvalue weighted by molar-refractivity contribution is -0.116. The van der Waals surface area contributed by atoms with Gasteiger partial charge in [-0.1, -0.05) is 12.1 Å². The summed E-state index contributed by atoms with van der Waals surface area (Å²) in [5.74, 6) is -0.430. The molecule has 1 heterocycles. The maximum absolute atomic E-state index is 13.1. The smallest absolute Gasteiger partial charge is 0.321 e. The highest BCUT2D eigenvalue weighted by Crippen LogP contribution is 2.19. The highest BCUT2D eigenvalue weighted by molar-refractivity contribution is 5.95. The molecule has 1 saturated heterocycles. The van der Waals surface area contributed by atoms with Crippen molar-refractivity contribution in [3.8, 4) is 0 Å². The Morgan fingerprint density at radius 2 is 2.00 bits per heavy atom. The van der Waals surface area contributed by atoms with Gasteiger partial charge in [0.05, 0.1) is 0 Å². The molecule has 0 spiro atoms. The summed E-state index contributed by atoms with van der Waals surface area (Å²) in [7, 11) is 0. The molecule has 0 unspecified atom stereocenters. The summed E-state index contributed by atoms with van der Waals surface area (Å²) in [5.41, 5.74) is 2.26. The number of aryl methyl sites for hydroxylation is 1. The molecule has 0 radical (unpaired) electrons. The van der Waals surface area contributed by atoms with Crippen LogP contribution < -0.4 is 15.5 Å². The zero-order valence-corrected chi connectivity index (χ0v) is 13.1. The van der Waals surface area contributed by atoms with Gasteiger partial charge >= 0.3 is 6.03 Å². The van der Waals surface area contributed by atoms with Crippen LogP contribution in [0.3, 0.4) is 0 Å². The number of carbonyl (C=O) groups excluding carboxylic acids is 2. The minimum atomic E-state index is -0.297. The number of amides is 3. The zero-order chi connectivity index (χ0) is 16.9. The first-order valence-corrected chi connectivity index (χ1v) is 7.81. The topological polar surface area (TPSA) is 61.4 Å². The molecule has 0 atom stereocenters. The molecule has 3 amide bonds. The predicted molar refractivity (Wildman–Crippen MR) is 90.5 cm³/mol. The van der Waals surface area contributed by atoms with Crippen molar-refractivity contribution in [3.63, 3.8) is 0 Å². The van der Waals surface area contributed by atoms with E-state index in [2.05, 4.69) is 10.6 Å². The molecule has 124 valence electrons. The van der Waals surface area contributed by atoms with Crippen molar-refractivity contribution in [3.05, 3.63) is 59.9 Å². The number of benzene rings is 2. The fraction of sp³-hybridized carbons (Fsp3) is 0.222. The van der Waals surface area contributed by atoms with Crippen molar-refractivity contribution in [2.45, 2.75) is 12.8 Å². The molecule has 1 aliphatic heterocycles. The van der Waals surface area contributed by atoms with Gasteiger partial charge in [0, 0.05) is 30.9 Å². The van der Waals surface area contributed by atoms with Gasteiger partial charge in [-0.05, 0) is 48.4 Å². The van der Waals surface area contributed by atoms with Crippen molar-refractivity contribution in [1.29, 1.82) is 0 Å². The third-order valence-electron chi connectivity index (χ3n) is 3.85. The van der Waals surface area contributed by atoms with E-state index in [0.717, 1.165) is 11.3 Å². The largest absolute Gasteiger partial charge is 0.336 e. The third-order valence-corrected chi connectivity index (χ3v) is 3.85. The Morgan fingerprint density at radius 3 is 2.67 bits per heavy atom. The molecule has 0 aliphatic carbocycles. The number of rotatable bonds is 5. The average molecular weight is 327 g/mol. The molecule has 2 N–H and O–H groups in total. The van der Waals surface area contributed by atoms with Crippen molar-refractivity contribution in [2.24, 2.45) is 0 Å². The Kier molecular flexibility index (Phi) is 4.74. The molecule has 2 aromatic carbocycles. The lowest BCUT2D eigenvalue weighted by Gasteiger charge is -2.14. The zero-order valence-electron chi connectivity index (χ0n) is 13.1. The molecule has 6 heteroatoms. The van der Waals surface area contributed by atoms with E-state index in [-0.39, 0.29) is 24.2 Å². The molecule has 0 aromatic heterocycles. The molecular formula is C18H18FN3O2. The van der Waals surface area contributed by atoms with E-state index in [0.29, 0.717) is 25.2 Å². The second-order valence-electron chi connectivity index (χ2n) is 5.61. The summed E-state index contributed by atoms with van der Waals surface area (Å²) < 4.78 is 13.1. The summed E-state index contributed by atoms with van der Waals surface area (Å²) in [5, 5.41) is 5.55. The second-order valence-corrected chi connectivity index (χ2v) is 5.61. The number of urea groups is 1. The molecule has 1 fully saturated rings. The summed E-state index contributed by atoms with van der Waals surface area (Å²) >= 11 is 0. The van der Waals surface area contributed by atoms with Gasteiger partial charge < -0.3 is 10.6 Å². The molecule has 24 heavy (non-hydrogen) atoms. The van der Waals surface area contributed by atoms with Gasteiger partial charge in [0.15, 0.2) is 0 Å². The Balaban J connectivity index is 1.53. The van der Waals surface area contributed by atoms with Crippen LogP contribution in [-0.4, -0.2) is 25.0 Å². The first-order chi connectivity index (χ1) is 11.6. The quantitative estimate of drug-likeness (QED) is 0.887. The van der Waals surface area contributed by atoms with E-state index in [9.17, 15) is 14.0 Å². The van der Waals surface area contributed by atoms with Crippen LogP contribution in [0, 0.1) is 5.82 Å². The Labute approximate surface area is 139 Å². The van der Waals surface area contributed by atoms with E-state index < -0.39 is 0 Å². The summed E-state index contributed by atoms with van der Waals surface area (Å²) in [6.07, 6.45) is 0.759. The van der Waals surface area contributed by atoms with Crippen LogP contribution in [0.15, 0.2) is 48.5 Å². The number of anilines is 2. The van der Waals surface area contributed by atoms with E-state index >= 15 is 0 Å². The van der Waals surface area contributed by atoms with Crippen molar-refractivity contribution in [2.75, 3.05) is 23.3 Å². The summed E-state index contributed by atoms with van der Waals surface area (Å²) in [6.45, 7) is 1.27. The molecule has 0 saturated carbocycles. The first-order valence-electron chi connectivity index (χ1n) is 7.81. The van der Waals surface area contributed by atoms with E-state index in [1.807, 2.05) is 0 Å². The molecule has 3 rings (SSSR count). The van der Waals surface area contributed by atoms with Gasteiger partial charge in [0.25, 0.3) is 0 Å². The highest BCUT2D eigenvalue weighted by atomic mass is 19.1. The van der Waals surface area contributed by atoms with Gasteiger partial charge in [-0.15, -0.1) is 0 Å². The number of hydrogen-bond donors (Lipinski definition) is 2. The van der Waals surface area contributed by atoms with Crippen LogP contribution in [-0.2, 0) is 11.2 Å². The first kappa shape index (κ1) is 16.0. The molecule has 5 nitrogen and oxygen atoms in total. The number of nitrogens with one attached hydrogen (secondary N) is 2. The summed E-state index contributed by atoms with van der Waals surface area (Å²) in [6, 6.07) is 13.3. The fourth-order valence-corrected chi connectivity index (χ4v) is 2.62. The van der Waals surface area contributed by atoms with Crippen molar-refractivity contribution in [1.82, 2.24) is 5.32 Å². The Bertz CT molecular complexity index is 746. The standard InChI is InChI=1S/C18H18FN3O2/c19-14-3-1-2-13(12-14)4-9-17(23)21-15-5-7-16(8-6-15)22-11-10-20-18(22)24/h1-3,5-8,12H,4,9-11H2,(H,20,24)(H,21,23). The second kappa shape index (κ2) is 7.12. The molecule has 1 aliphatic rings. The van der Waals surface area contributed by atoms with E-state index in [1.165, 1.54) is 12.1 Å². The van der Waals surface area contributed by atoms with Crippen LogP contribution in [0.2, 0.25) is 0 Å². The number of nitrogens with zero attached hydrogens (tertiary/aromatic N) is 1. The van der Waals surface area contributed by atoms with Gasteiger partial charge in [-0.2, -0.15) is 0 Å². The number of hydrogen-bond acceptors (Lipinski definition) is 2. The van der Waals surface area contributed by atoms with Crippen LogP contribution in [0.25, 0.3) is 0 Å². The van der Waals surface area contributed by atoms with Gasteiger partial charge in [0.2, 0.25) is 5.91 Å². The normalized spacial score (nSPS) is 13.7. The Hall–Kier alpha value is -2.89. The van der Waals surface area contributed by atoms with Gasteiger partial charge in [-0.3, -0.25) is 9.69 Å². The van der Waals surface area contributed by atoms with Crippen LogP contribution in [0.1, 0.15) is 12.0 Å².